The maximum absolute atomic E-state index is 11.4. The van der Waals surface area contributed by atoms with Crippen molar-refractivity contribution in [2.45, 2.75) is 26.2 Å². The quantitative estimate of drug-likeness (QED) is 0.472. The number of benzene rings is 1. The summed E-state index contributed by atoms with van der Waals surface area (Å²) in [5.74, 6) is 0.0120. The van der Waals surface area contributed by atoms with E-state index in [1.54, 1.807) is 24.3 Å². The van der Waals surface area contributed by atoms with Gasteiger partial charge in [-0.05, 0) is 29.1 Å². The fourth-order valence-corrected chi connectivity index (χ4v) is 1.87. The molecule has 0 radical (unpaired) electrons. The molecule has 6 nitrogen and oxygen atoms in total. The smallest absolute Gasteiger partial charge is 0.249 e. The maximum atomic E-state index is 11.4. The Kier molecular flexibility index (Phi) is 5.01. The van der Waals surface area contributed by atoms with Crippen molar-refractivity contribution in [3.8, 4) is 11.4 Å². The Morgan fingerprint density at radius 3 is 2.48 bits per heavy atom. The molecular formula is C15H15N5O. The minimum Gasteiger partial charge on any atom is -0.287 e. The van der Waals surface area contributed by atoms with E-state index in [4.69, 9.17) is 5.53 Å². The predicted molar refractivity (Wildman–Crippen MR) is 79.6 cm³/mol. The molecule has 6 heteroatoms. The van der Waals surface area contributed by atoms with E-state index in [9.17, 15) is 4.79 Å². The molecular weight excluding hydrogens is 266 g/mol. The van der Waals surface area contributed by atoms with Gasteiger partial charge in [0.25, 0.3) is 0 Å². The summed E-state index contributed by atoms with van der Waals surface area (Å²) in [4.78, 5) is 22.5. The van der Waals surface area contributed by atoms with E-state index in [0.29, 0.717) is 11.4 Å². The average Bonchev–Trinajstić information content (AvgIpc) is 2.54. The van der Waals surface area contributed by atoms with Crippen LogP contribution in [-0.4, -0.2) is 15.9 Å². The lowest BCUT2D eigenvalue weighted by Gasteiger charge is -2.03. The van der Waals surface area contributed by atoms with E-state index >= 15 is 0 Å². The van der Waals surface area contributed by atoms with E-state index in [0.717, 1.165) is 30.4 Å². The van der Waals surface area contributed by atoms with Crippen LogP contribution in [-0.2, 0) is 6.42 Å². The zero-order chi connectivity index (χ0) is 15.1. The summed E-state index contributed by atoms with van der Waals surface area (Å²) in [6.07, 6.45) is 6.91. The molecule has 0 fully saturated rings. The van der Waals surface area contributed by atoms with Gasteiger partial charge in [-0.3, -0.25) is 4.79 Å². The van der Waals surface area contributed by atoms with E-state index in [-0.39, 0.29) is 0 Å². The van der Waals surface area contributed by atoms with Crippen LogP contribution in [0.15, 0.2) is 41.8 Å². The second kappa shape index (κ2) is 7.17. The summed E-state index contributed by atoms with van der Waals surface area (Å²) in [5.41, 5.74) is 10.5. The van der Waals surface area contributed by atoms with Crippen molar-refractivity contribution in [3.05, 3.63) is 58.2 Å². The van der Waals surface area contributed by atoms with Crippen LogP contribution < -0.4 is 0 Å². The van der Waals surface area contributed by atoms with Gasteiger partial charge in [0.05, 0.1) is 0 Å². The van der Waals surface area contributed by atoms with Crippen LogP contribution in [0.5, 0.6) is 0 Å². The molecule has 0 saturated carbocycles. The third-order valence-electron chi connectivity index (χ3n) is 3.05. The van der Waals surface area contributed by atoms with Gasteiger partial charge in [-0.15, -0.1) is 0 Å². The highest BCUT2D eigenvalue weighted by Gasteiger charge is 2.05. The van der Waals surface area contributed by atoms with Gasteiger partial charge < -0.3 is 0 Å². The Labute approximate surface area is 122 Å². The number of carbonyl (C=O) groups excluding carboxylic acids is 1. The maximum Gasteiger partial charge on any atom is 0.249 e. The fraction of sp³-hybridized carbons (Fsp3) is 0.267. The van der Waals surface area contributed by atoms with Crippen LogP contribution in [0.2, 0.25) is 0 Å². The largest absolute Gasteiger partial charge is 0.287 e. The molecule has 0 N–H and O–H groups in total. The zero-order valence-corrected chi connectivity index (χ0v) is 11.7. The molecule has 1 amide bonds. The molecule has 2 aromatic rings. The Bertz CT molecular complexity index is 657. The number of hydrogen-bond acceptors (Lipinski definition) is 3. The highest BCUT2D eigenvalue weighted by atomic mass is 16.1. The molecule has 0 aliphatic rings. The normalized spacial score (nSPS) is 9.95. The zero-order valence-electron chi connectivity index (χ0n) is 11.7. The molecule has 2 rings (SSSR count). The number of azide groups is 1. The molecule has 1 heterocycles. The number of rotatable bonds is 5. The van der Waals surface area contributed by atoms with Crippen molar-refractivity contribution >= 4 is 5.91 Å². The van der Waals surface area contributed by atoms with Crippen molar-refractivity contribution in [1.82, 2.24) is 9.97 Å². The van der Waals surface area contributed by atoms with Crippen molar-refractivity contribution < 1.29 is 4.79 Å². The molecule has 21 heavy (non-hydrogen) atoms. The van der Waals surface area contributed by atoms with Gasteiger partial charge in [0.2, 0.25) is 5.91 Å². The average molecular weight is 281 g/mol. The van der Waals surface area contributed by atoms with Crippen LogP contribution >= 0.6 is 0 Å². The van der Waals surface area contributed by atoms with Crippen molar-refractivity contribution in [3.63, 3.8) is 0 Å². The first-order valence-electron chi connectivity index (χ1n) is 6.75. The molecule has 0 bridgehead atoms. The van der Waals surface area contributed by atoms with Gasteiger partial charge in [-0.2, -0.15) is 0 Å². The van der Waals surface area contributed by atoms with Crippen molar-refractivity contribution in [1.29, 1.82) is 0 Å². The minimum absolute atomic E-state index is 0.344. The molecule has 1 aromatic heterocycles. The molecule has 0 aliphatic carbocycles. The van der Waals surface area contributed by atoms with Gasteiger partial charge in [0, 0.05) is 28.4 Å². The molecule has 0 unspecified atom stereocenters. The van der Waals surface area contributed by atoms with Gasteiger partial charge in [-0.1, -0.05) is 37.6 Å². The van der Waals surface area contributed by atoms with Crippen LogP contribution in [0.1, 0.15) is 35.7 Å². The van der Waals surface area contributed by atoms with Crippen molar-refractivity contribution in [2.24, 2.45) is 5.11 Å². The number of unbranched alkanes of at least 4 members (excludes halogenated alkanes) is 1. The first kappa shape index (κ1) is 14.7. The number of nitrogens with zero attached hydrogens (tertiary/aromatic N) is 5. The number of aryl methyl sites for hydroxylation is 1. The lowest BCUT2D eigenvalue weighted by atomic mass is 10.1. The number of aromatic nitrogens is 2. The van der Waals surface area contributed by atoms with Gasteiger partial charge in [0.15, 0.2) is 5.82 Å². The summed E-state index contributed by atoms with van der Waals surface area (Å²) in [6.45, 7) is 2.15. The number of carbonyl (C=O) groups is 1. The summed E-state index contributed by atoms with van der Waals surface area (Å²) >= 11 is 0. The van der Waals surface area contributed by atoms with Gasteiger partial charge in [-0.25, -0.2) is 9.97 Å². The summed E-state index contributed by atoms with van der Waals surface area (Å²) < 4.78 is 0. The molecule has 0 atom stereocenters. The first-order chi connectivity index (χ1) is 10.2. The topological polar surface area (TPSA) is 91.6 Å². The Morgan fingerprint density at radius 1 is 1.24 bits per heavy atom. The highest BCUT2D eigenvalue weighted by Crippen LogP contribution is 2.16. The van der Waals surface area contributed by atoms with E-state index < -0.39 is 5.91 Å². The third kappa shape index (κ3) is 3.87. The molecule has 0 spiro atoms. The lowest BCUT2D eigenvalue weighted by Crippen LogP contribution is -1.95. The second-order valence-corrected chi connectivity index (χ2v) is 4.59. The summed E-state index contributed by atoms with van der Waals surface area (Å²) in [7, 11) is 0. The monoisotopic (exact) mass is 281 g/mol. The third-order valence-corrected chi connectivity index (χ3v) is 3.05. The first-order valence-corrected chi connectivity index (χ1v) is 6.75. The minimum atomic E-state index is -0.597. The van der Waals surface area contributed by atoms with E-state index in [1.807, 2.05) is 12.4 Å². The number of amides is 1. The second-order valence-electron chi connectivity index (χ2n) is 4.59. The Hall–Kier alpha value is -2.72. The summed E-state index contributed by atoms with van der Waals surface area (Å²) in [6, 6.07) is 6.67. The van der Waals surface area contributed by atoms with E-state index in [1.165, 1.54) is 0 Å². The fourth-order valence-electron chi connectivity index (χ4n) is 1.87. The SMILES string of the molecule is CCCCc1cnc(-c2ccc(C(=O)N=[N+]=[N-])cc2)nc1. The molecule has 1 aromatic carbocycles. The van der Waals surface area contributed by atoms with Crippen LogP contribution in [0.25, 0.3) is 21.8 Å². The molecule has 106 valence electrons. The predicted octanol–water partition coefficient (Wildman–Crippen LogP) is 3.94. The molecule has 0 aliphatic heterocycles. The molecule has 0 saturated heterocycles. The summed E-state index contributed by atoms with van der Waals surface area (Å²) in [5, 5.41) is 3.05. The van der Waals surface area contributed by atoms with Crippen LogP contribution in [0.4, 0.5) is 0 Å². The lowest BCUT2D eigenvalue weighted by molar-refractivity contribution is 0.100. The van der Waals surface area contributed by atoms with Crippen LogP contribution in [0.3, 0.4) is 0 Å². The number of hydrogen-bond donors (Lipinski definition) is 0. The van der Waals surface area contributed by atoms with Crippen LogP contribution in [0, 0.1) is 0 Å². The highest BCUT2D eigenvalue weighted by molar-refractivity contribution is 5.95. The van der Waals surface area contributed by atoms with Crippen molar-refractivity contribution in [2.75, 3.05) is 0 Å². The van der Waals surface area contributed by atoms with Gasteiger partial charge >= 0.3 is 0 Å². The Balaban J connectivity index is 2.15. The van der Waals surface area contributed by atoms with Gasteiger partial charge in [0.1, 0.15) is 0 Å². The van der Waals surface area contributed by atoms with E-state index in [2.05, 4.69) is 26.9 Å². The standard InChI is InChI=1S/C15H15N5O/c1-2-3-4-11-9-17-14(18-10-11)12-5-7-13(8-6-12)15(21)19-20-16/h5-10H,2-4H2,1H3. The Morgan fingerprint density at radius 2 is 1.90 bits per heavy atom.